The van der Waals surface area contributed by atoms with Crippen molar-refractivity contribution in [2.24, 2.45) is 5.92 Å². The van der Waals surface area contributed by atoms with Gasteiger partial charge in [-0.1, -0.05) is 41.4 Å². The van der Waals surface area contributed by atoms with Crippen LogP contribution in [0.5, 0.6) is 5.75 Å². The second kappa shape index (κ2) is 5.23. The summed E-state index contributed by atoms with van der Waals surface area (Å²) in [6.07, 6.45) is 0.361. The number of rotatable bonds is 1. The predicted molar refractivity (Wildman–Crippen MR) is 91.6 cm³/mol. The van der Waals surface area contributed by atoms with E-state index in [1.54, 1.807) is 43.3 Å². The van der Waals surface area contributed by atoms with Gasteiger partial charge < -0.3 is 4.74 Å². The number of fused-ring (bicyclic) bond motifs is 2. The lowest BCUT2D eigenvalue weighted by atomic mass is 9.83. The molecule has 2 atom stereocenters. The number of nitrogens with zero attached hydrogens (tertiary/aromatic N) is 1. The van der Waals surface area contributed by atoms with Crippen molar-refractivity contribution in [3.05, 3.63) is 58.1 Å². The van der Waals surface area contributed by atoms with Crippen molar-refractivity contribution in [3.63, 3.8) is 0 Å². The lowest BCUT2D eigenvalue weighted by molar-refractivity contribution is -0.133. The van der Waals surface area contributed by atoms with E-state index in [4.69, 9.17) is 27.9 Å². The summed E-state index contributed by atoms with van der Waals surface area (Å²) in [6, 6.07) is 12.2. The molecule has 2 amide bonds. The van der Waals surface area contributed by atoms with Gasteiger partial charge in [0.25, 0.3) is 5.91 Å². The number of hydrogen-bond acceptors (Lipinski definition) is 3. The summed E-state index contributed by atoms with van der Waals surface area (Å²) in [4.78, 5) is 27.1. The Morgan fingerprint density at radius 2 is 1.88 bits per heavy atom. The molecule has 2 heterocycles. The van der Waals surface area contributed by atoms with Crippen molar-refractivity contribution in [3.8, 4) is 5.75 Å². The lowest BCUT2D eigenvalue weighted by Gasteiger charge is -2.34. The van der Waals surface area contributed by atoms with Crippen LogP contribution in [0.3, 0.4) is 0 Å². The van der Waals surface area contributed by atoms with Crippen molar-refractivity contribution in [2.75, 3.05) is 4.90 Å². The van der Waals surface area contributed by atoms with Gasteiger partial charge in [-0.2, -0.15) is 0 Å². The number of amides is 2. The van der Waals surface area contributed by atoms with E-state index >= 15 is 0 Å². The first kappa shape index (κ1) is 15.5. The van der Waals surface area contributed by atoms with E-state index in [1.807, 2.05) is 6.07 Å². The van der Waals surface area contributed by atoms with Gasteiger partial charge in [0, 0.05) is 5.02 Å². The van der Waals surface area contributed by atoms with E-state index < -0.39 is 11.5 Å². The maximum Gasteiger partial charge on any atom is 0.278 e. The fraction of sp³-hybridized carbons (Fsp3) is 0.222. The normalized spacial score (nSPS) is 25.3. The number of anilines is 1. The third-order valence-corrected chi connectivity index (χ3v) is 5.15. The minimum absolute atomic E-state index is 0.268. The number of halogens is 2. The molecule has 0 bridgehead atoms. The SMILES string of the molecule is CC12Oc3c(Cl)cc(Cl)cc3CC1C(=O)N(c1ccccc1)C2=O. The van der Waals surface area contributed by atoms with Crippen LogP contribution in [0.4, 0.5) is 5.69 Å². The summed E-state index contributed by atoms with van der Waals surface area (Å²) in [7, 11) is 0. The van der Waals surface area contributed by atoms with Crippen LogP contribution in [0.15, 0.2) is 42.5 Å². The summed E-state index contributed by atoms with van der Waals surface area (Å²) in [6.45, 7) is 1.65. The molecule has 1 fully saturated rings. The molecule has 0 aliphatic carbocycles. The van der Waals surface area contributed by atoms with Crippen molar-refractivity contribution in [1.29, 1.82) is 0 Å². The largest absolute Gasteiger partial charge is 0.475 e. The molecule has 4 nitrogen and oxygen atoms in total. The maximum atomic E-state index is 13.0. The van der Waals surface area contributed by atoms with Gasteiger partial charge in [0.15, 0.2) is 5.60 Å². The van der Waals surface area contributed by atoms with Gasteiger partial charge in [0.2, 0.25) is 5.91 Å². The molecule has 0 saturated carbocycles. The molecule has 0 aromatic heterocycles. The molecule has 2 aromatic rings. The highest BCUT2D eigenvalue weighted by Crippen LogP contribution is 2.47. The van der Waals surface area contributed by atoms with Crippen molar-refractivity contribution < 1.29 is 14.3 Å². The zero-order valence-corrected chi connectivity index (χ0v) is 14.3. The van der Waals surface area contributed by atoms with Gasteiger partial charge in [0.1, 0.15) is 5.75 Å². The van der Waals surface area contributed by atoms with E-state index in [-0.39, 0.29) is 11.8 Å². The second-order valence-corrected chi connectivity index (χ2v) is 7.00. The molecule has 2 aliphatic rings. The van der Waals surface area contributed by atoms with Gasteiger partial charge in [0.05, 0.1) is 16.6 Å². The molecule has 0 radical (unpaired) electrons. The van der Waals surface area contributed by atoms with Crippen LogP contribution in [0.1, 0.15) is 12.5 Å². The smallest absolute Gasteiger partial charge is 0.278 e. The number of hydrogen-bond donors (Lipinski definition) is 0. The van der Waals surface area contributed by atoms with E-state index in [9.17, 15) is 9.59 Å². The van der Waals surface area contributed by atoms with E-state index in [0.717, 1.165) is 5.56 Å². The zero-order valence-electron chi connectivity index (χ0n) is 12.8. The summed E-state index contributed by atoms with van der Waals surface area (Å²) in [5.41, 5.74) is 0.0168. The summed E-state index contributed by atoms with van der Waals surface area (Å²) in [5, 5.41) is 0.818. The van der Waals surface area contributed by atoms with Crippen LogP contribution in [0, 0.1) is 5.92 Å². The Morgan fingerprint density at radius 1 is 1.17 bits per heavy atom. The number of imide groups is 1. The molecular weight excluding hydrogens is 349 g/mol. The topological polar surface area (TPSA) is 46.6 Å². The maximum absolute atomic E-state index is 13.0. The van der Waals surface area contributed by atoms with Gasteiger partial charge in [-0.15, -0.1) is 0 Å². The van der Waals surface area contributed by atoms with Crippen LogP contribution in [0.2, 0.25) is 10.0 Å². The molecule has 122 valence electrons. The Kier molecular flexibility index (Phi) is 3.37. The molecule has 4 rings (SSSR count). The second-order valence-electron chi connectivity index (χ2n) is 6.16. The van der Waals surface area contributed by atoms with Crippen molar-refractivity contribution in [2.45, 2.75) is 18.9 Å². The minimum Gasteiger partial charge on any atom is -0.475 e. The van der Waals surface area contributed by atoms with E-state index in [2.05, 4.69) is 0 Å². The highest BCUT2D eigenvalue weighted by atomic mass is 35.5. The Hall–Kier alpha value is -2.04. The summed E-state index contributed by atoms with van der Waals surface area (Å²) in [5.74, 6) is -0.820. The first-order valence-electron chi connectivity index (χ1n) is 7.52. The average molecular weight is 362 g/mol. The molecule has 24 heavy (non-hydrogen) atoms. The van der Waals surface area contributed by atoms with E-state index in [0.29, 0.717) is 27.9 Å². The zero-order chi connectivity index (χ0) is 17.1. The number of carbonyl (C=O) groups excluding carboxylic acids is 2. The molecule has 1 saturated heterocycles. The van der Waals surface area contributed by atoms with E-state index in [1.165, 1.54) is 4.90 Å². The quantitative estimate of drug-likeness (QED) is 0.724. The van der Waals surface area contributed by atoms with Gasteiger partial charge in [-0.25, -0.2) is 4.90 Å². The predicted octanol–water partition coefficient (Wildman–Crippen LogP) is 3.88. The van der Waals surface area contributed by atoms with Gasteiger partial charge in [-0.05, 0) is 43.2 Å². The van der Waals surface area contributed by atoms with Crippen LogP contribution in [-0.2, 0) is 16.0 Å². The summed E-state index contributed by atoms with van der Waals surface area (Å²) < 4.78 is 5.96. The Labute approximate surface area is 148 Å². The third kappa shape index (κ3) is 2.06. The minimum atomic E-state index is -1.27. The molecule has 0 N–H and O–H groups in total. The molecule has 2 aliphatic heterocycles. The fourth-order valence-corrected chi connectivity index (χ4v) is 3.97. The molecule has 6 heteroatoms. The molecule has 0 spiro atoms. The summed E-state index contributed by atoms with van der Waals surface area (Å²) >= 11 is 12.3. The first-order valence-corrected chi connectivity index (χ1v) is 8.28. The van der Waals surface area contributed by atoms with Crippen LogP contribution in [-0.4, -0.2) is 17.4 Å². The van der Waals surface area contributed by atoms with Crippen molar-refractivity contribution >= 4 is 40.7 Å². The number of carbonyl (C=O) groups is 2. The lowest BCUT2D eigenvalue weighted by Crippen LogP contribution is -2.48. The fourth-order valence-electron chi connectivity index (χ4n) is 3.39. The highest BCUT2D eigenvalue weighted by molar-refractivity contribution is 6.36. The van der Waals surface area contributed by atoms with Crippen LogP contribution in [0.25, 0.3) is 0 Å². The number of para-hydroxylation sites is 1. The number of benzene rings is 2. The monoisotopic (exact) mass is 361 g/mol. The third-order valence-electron chi connectivity index (χ3n) is 4.65. The van der Waals surface area contributed by atoms with Crippen LogP contribution >= 0.6 is 23.2 Å². The standard InChI is InChI=1S/C18H13Cl2NO3/c1-18-13(8-10-7-11(19)9-14(20)15(10)24-18)16(22)21(17(18)23)12-5-3-2-4-6-12/h2-7,9,13H,8H2,1H3. The molecule has 2 aromatic carbocycles. The Morgan fingerprint density at radius 3 is 2.58 bits per heavy atom. The van der Waals surface area contributed by atoms with Gasteiger partial charge >= 0.3 is 0 Å². The number of ether oxygens (including phenoxy) is 1. The average Bonchev–Trinajstić information content (AvgIpc) is 2.74. The molecular formula is C18H13Cl2NO3. The highest BCUT2D eigenvalue weighted by Gasteiger charge is 2.61. The molecule has 2 unspecified atom stereocenters. The Balaban J connectivity index is 1.81. The van der Waals surface area contributed by atoms with Crippen LogP contribution < -0.4 is 9.64 Å². The Bertz CT molecular complexity index is 868. The van der Waals surface area contributed by atoms with Gasteiger partial charge in [-0.3, -0.25) is 9.59 Å². The van der Waals surface area contributed by atoms with Crippen molar-refractivity contribution in [1.82, 2.24) is 0 Å². The first-order chi connectivity index (χ1) is 11.4.